The second-order valence-corrected chi connectivity index (χ2v) is 10.8. The van der Waals surface area contributed by atoms with E-state index in [0.29, 0.717) is 25.3 Å². The van der Waals surface area contributed by atoms with Crippen molar-refractivity contribution in [1.82, 2.24) is 10.2 Å². The number of hydrogen-bond acceptors (Lipinski definition) is 5. The van der Waals surface area contributed by atoms with E-state index in [1.54, 1.807) is 20.8 Å². The van der Waals surface area contributed by atoms with Gasteiger partial charge in [0.15, 0.2) is 0 Å². The largest absolute Gasteiger partial charge is 0.444 e. The monoisotopic (exact) mass is 499 g/mol. The van der Waals surface area contributed by atoms with Crippen molar-refractivity contribution in [2.24, 2.45) is 11.3 Å². The van der Waals surface area contributed by atoms with Crippen molar-refractivity contribution in [3.8, 4) is 0 Å². The smallest absolute Gasteiger partial charge is 0.416 e. The predicted molar refractivity (Wildman–Crippen MR) is 121 cm³/mol. The van der Waals surface area contributed by atoms with Crippen molar-refractivity contribution < 1.29 is 32.4 Å². The van der Waals surface area contributed by atoms with Gasteiger partial charge in [-0.2, -0.15) is 13.2 Å². The zero-order chi connectivity index (χ0) is 26.3. The molecule has 35 heavy (non-hydrogen) atoms. The minimum atomic E-state index is -4.74. The highest BCUT2D eigenvalue weighted by atomic mass is 19.4. The summed E-state index contributed by atoms with van der Waals surface area (Å²) in [6.07, 6.45) is -3.74. The Bertz CT molecular complexity index is 1020. The second-order valence-electron chi connectivity index (χ2n) is 10.8. The number of hydrogen-bond donors (Lipinski definition) is 1. The van der Waals surface area contributed by atoms with Gasteiger partial charge in [-0.3, -0.25) is 14.9 Å². The van der Waals surface area contributed by atoms with Crippen LogP contribution in [0.4, 0.5) is 23.7 Å². The number of nitrogens with zero attached hydrogens (tertiary/aromatic N) is 2. The summed E-state index contributed by atoms with van der Waals surface area (Å²) in [4.78, 5) is 38.1. The zero-order valence-electron chi connectivity index (χ0n) is 20.6. The van der Waals surface area contributed by atoms with Gasteiger partial charge in [0.05, 0.1) is 15.9 Å². The molecule has 8 nitrogen and oxygen atoms in total. The molecule has 0 bridgehead atoms. The van der Waals surface area contributed by atoms with Crippen molar-refractivity contribution in [3.63, 3.8) is 0 Å². The molecule has 2 amide bonds. The third-order valence-electron chi connectivity index (χ3n) is 6.92. The topological polar surface area (TPSA) is 102 Å². The molecule has 0 spiro atoms. The van der Waals surface area contributed by atoms with Gasteiger partial charge in [-0.25, -0.2) is 4.79 Å². The van der Waals surface area contributed by atoms with Crippen molar-refractivity contribution in [2.75, 3.05) is 6.54 Å². The van der Waals surface area contributed by atoms with Crippen molar-refractivity contribution in [1.29, 1.82) is 0 Å². The maximum Gasteiger partial charge on any atom is 0.416 e. The molecule has 1 aliphatic carbocycles. The number of benzene rings is 1. The number of alkyl halides is 3. The Balaban J connectivity index is 1.83. The summed E-state index contributed by atoms with van der Waals surface area (Å²) in [5.41, 5.74) is -2.74. The molecule has 11 heteroatoms. The normalized spacial score (nSPS) is 22.7. The van der Waals surface area contributed by atoms with E-state index in [4.69, 9.17) is 4.74 Å². The Labute approximate surface area is 202 Å². The summed E-state index contributed by atoms with van der Waals surface area (Å²) >= 11 is 0. The van der Waals surface area contributed by atoms with Crippen LogP contribution in [0.15, 0.2) is 12.1 Å². The van der Waals surface area contributed by atoms with Gasteiger partial charge in [-0.05, 0) is 64.0 Å². The van der Waals surface area contributed by atoms with Crippen molar-refractivity contribution >= 4 is 17.7 Å². The Morgan fingerprint density at radius 2 is 1.91 bits per heavy atom. The van der Waals surface area contributed by atoms with Gasteiger partial charge in [0.25, 0.3) is 5.69 Å². The molecular formula is C24H32F3N3O5. The van der Waals surface area contributed by atoms with E-state index in [9.17, 15) is 32.9 Å². The molecule has 3 rings (SSSR count). The van der Waals surface area contributed by atoms with E-state index in [1.165, 1.54) is 4.90 Å². The molecule has 0 saturated heterocycles. The van der Waals surface area contributed by atoms with Crippen molar-refractivity contribution in [3.05, 3.63) is 38.9 Å². The van der Waals surface area contributed by atoms with Gasteiger partial charge in [-0.1, -0.05) is 13.8 Å². The van der Waals surface area contributed by atoms with E-state index >= 15 is 0 Å². The first-order valence-corrected chi connectivity index (χ1v) is 11.7. The molecule has 1 aromatic rings. The quantitative estimate of drug-likeness (QED) is 0.452. The molecule has 1 aliphatic heterocycles. The van der Waals surface area contributed by atoms with Crippen LogP contribution >= 0.6 is 0 Å². The number of amides is 2. The number of halogens is 3. The lowest BCUT2D eigenvalue weighted by Crippen LogP contribution is -2.48. The Hall–Kier alpha value is -2.85. The first-order valence-electron chi connectivity index (χ1n) is 11.7. The number of rotatable bonds is 4. The van der Waals surface area contributed by atoms with Gasteiger partial charge >= 0.3 is 12.3 Å². The highest BCUT2D eigenvalue weighted by Gasteiger charge is 2.50. The summed E-state index contributed by atoms with van der Waals surface area (Å²) < 4.78 is 45.4. The number of nitro groups is 1. The van der Waals surface area contributed by atoms with Crippen molar-refractivity contribution in [2.45, 2.75) is 84.7 Å². The summed E-state index contributed by atoms with van der Waals surface area (Å²) in [6.45, 7) is 9.15. The first-order chi connectivity index (χ1) is 16.0. The van der Waals surface area contributed by atoms with Gasteiger partial charge in [0.2, 0.25) is 5.91 Å². The molecule has 194 valence electrons. The van der Waals surface area contributed by atoms with Crippen LogP contribution in [0.2, 0.25) is 0 Å². The van der Waals surface area contributed by atoms with Crippen LogP contribution in [-0.4, -0.2) is 40.0 Å². The standard InChI is InChI=1S/C24H32F3N3O5/c1-14(2)23(8-6-17(12-23)28-21(32)35-22(3,4)5)20(31)29-9-7-18-15(13-29)10-16(24(25,26)27)11-19(18)30(33)34/h10-11,14,17H,6-9,12-13H2,1-5H3,(H,28,32)/t17-,23+/m1/s1. The average Bonchev–Trinajstić information content (AvgIpc) is 3.14. The van der Waals surface area contributed by atoms with Gasteiger partial charge in [-0.15, -0.1) is 0 Å². The van der Waals surface area contributed by atoms with E-state index in [0.717, 1.165) is 6.07 Å². The number of carbonyl (C=O) groups excluding carboxylic acids is 2. The van der Waals surface area contributed by atoms with Gasteiger partial charge in [0.1, 0.15) is 5.60 Å². The van der Waals surface area contributed by atoms with Gasteiger partial charge in [0, 0.05) is 30.8 Å². The second kappa shape index (κ2) is 9.31. The number of carbonyl (C=O) groups is 2. The van der Waals surface area contributed by atoms with Gasteiger partial charge < -0.3 is 15.0 Å². The lowest BCUT2D eigenvalue weighted by atomic mass is 9.73. The number of fused-ring (bicyclic) bond motifs is 1. The number of nitrogens with one attached hydrogen (secondary N) is 1. The third kappa shape index (κ3) is 5.70. The fourth-order valence-electron chi connectivity index (χ4n) is 5.13. The van der Waals surface area contributed by atoms with E-state index in [2.05, 4.69) is 5.32 Å². The molecule has 2 aliphatic rings. The molecule has 2 atom stereocenters. The summed E-state index contributed by atoms with van der Waals surface area (Å²) in [5.74, 6) is -0.288. The van der Waals surface area contributed by atoms with Crippen LogP contribution in [-0.2, 0) is 28.7 Å². The number of ether oxygens (including phenoxy) is 1. The Morgan fingerprint density at radius 1 is 1.26 bits per heavy atom. The Kier molecular flexibility index (Phi) is 7.12. The fraction of sp³-hybridized carbons (Fsp3) is 0.667. The van der Waals surface area contributed by atoms with E-state index in [1.807, 2.05) is 13.8 Å². The molecule has 1 saturated carbocycles. The molecular weight excluding hydrogens is 467 g/mol. The van der Waals surface area contributed by atoms with Crippen LogP contribution in [0.5, 0.6) is 0 Å². The molecule has 1 N–H and O–H groups in total. The minimum Gasteiger partial charge on any atom is -0.444 e. The maximum atomic E-state index is 13.8. The molecule has 0 aromatic heterocycles. The lowest BCUT2D eigenvalue weighted by Gasteiger charge is -2.39. The predicted octanol–water partition coefficient (Wildman–Crippen LogP) is 5.22. The summed E-state index contributed by atoms with van der Waals surface area (Å²) in [7, 11) is 0. The highest BCUT2D eigenvalue weighted by molar-refractivity contribution is 5.84. The van der Waals surface area contributed by atoms with E-state index in [-0.39, 0.29) is 48.5 Å². The van der Waals surface area contributed by atoms with E-state index < -0.39 is 39.5 Å². The molecule has 1 heterocycles. The maximum absolute atomic E-state index is 13.8. The number of nitro benzene ring substituents is 1. The van der Waals surface area contributed by atoms with Crippen LogP contribution in [0.1, 0.15) is 70.6 Å². The SMILES string of the molecule is CC(C)[C@]1(C(=O)N2CCc3c(cc(C(F)(F)F)cc3[N+](=O)[O-])C2)CC[C@@H](NC(=O)OC(C)(C)C)C1. The lowest BCUT2D eigenvalue weighted by molar-refractivity contribution is -0.385. The van der Waals surface area contributed by atoms with Crippen LogP contribution in [0, 0.1) is 21.4 Å². The first kappa shape index (κ1) is 26.7. The highest BCUT2D eigenvalue weighted by Crippen LogP contribution is 2.47. The molecule has 0 radical (unpaired) electrons. The van der Waals surface area contributed by atoms with Crippen LogP contribution in [0.3, 0.4) is 0 Å². The third-order valence-corrected chi connectivity index (χ3v) is 6.92. The van der Waals surface area contributed by atoms with Crippen LogP contribution < -0.4 is 5.32 Å². The molecule has 0 unspecified atom stereocenters. The summed E-state index contributed by atoms with van der Waals surface area (Å²) in [6, 6.07) is 1.20. The fourth-order valence-corrected chi connectivity index (χ4v) is 5.13. The molecule has 1 fully saturated rings. The minimum absolute atomic E-state index is 0.0855. The molecule has 1 aromatic carbocycles. The summed E-state index contributed by atoms with van der Waals surface area (Å²) in [5, 5.41) is 14.3. The number of alkyl carbamates (subject to hydrolysis) is 1. The average molecular weight is 500 g/mol. The Morgan fingerprint density at radius 3 is 2.46 bits per heavy atom. The van der Waals surface area contributed by atoms with Crippen LogP contribution in [0.25, 0.3) is 0 Å². The zero-order valence-corrected chi connectivity index (χ0v) is 20.6.